The van der Waals surface area contributed by atoms with Crippen molar-refractivity contribution in [1.29, 1.82) is 0 Å². The lowest BCUT2D eigenvalue weighted by molar-refractivity contribution is -0.127. The Labute approximate surface area is 128 Å². The van der Waals surface area contributed by atoms with E-state index >= 15 is 0 Å². The third kappa shape index (κ3) is 5.25. The van der Waals surface area contributed by atoms with Crippen molar-refractivity contribution in [2.24, 2.45) is 5.92 Å². The van der Waals surface area contributed by atoms with Crippen molar-refractivity contribution in [1.82, 2.24) is 9.62 Å². The van der Waals surface area contributed by atoms with E-state index in [1.807, 2.05) is 0 Å². The first kappa shape index (κ1) is 16.7. The molecule has 0 atom stereocenters. The monoisotopic (exact) mass is 316 g/mol. The maximum absolute atomic E-state index is 12.3. The number of carbonyl (C=O) groups is 1. The number of hydrogen-bond donors (Lipinski definition) is 1. The molecule has 6 heteroatoms. The highest BCUT2D eigenvalue weighted by Crippen LogP contribution is 2.21. The van der Waals surface area contributed by atoms with Gasteiger partial charge in [0.2, 0.25) is 15.9 Å². The summed E-state index contributed by atoms with van der Waals surface area (Å²) in [7, 11) is -3.11. The number of nitrogens with one attached hydrogen (secondary N) is 1. The molecule has 1 aliphatic heterocycles. The van der Waals surface area contributed by atoms with E-state index in [2.05, 4.69) is 5.32 Å². The van der Waals surface area contributed by atoms with Gasteiger partial charge in [-0.25, -0.2) is 12.7 Å². The Morgan fingerprint density at radius 3 is 2.00 bits per heavy atom. The molecule has 0 aromatic carbocycles. The Hall–Kier alpha value is -0.620. The summed E-state index contributed by atoms with van der Waals surface area (Å²) >= 11 is 0. The summed E-state index contributed by atoms with van der Waals surface area (Å²) in [6, 6.07) is 0.325. The Morgan fingerprint density at radius 2 is 1.48 bits per heavy atom. The average molecular weight is 316 g/mol. The van der Waals surface area contributed by atoms with Gasteiger partial charge >= 0.3 is 0 Å². The van der Waals surface area contributed by atoms with Gasteiger partial charge in [0.05, 0.1) is 6.26 Å². The number of carbonyl (C=O) groups excluding carboxylic acids is 1. The van der Waals surface area contributed by atoms with Crippen molar-refractivity contribution in [2.75, 3.05) is 19.3 Å². The summed E-state index contributed by atoms with van der Waals surface area (Å²) in [4.78, 5) is 12.3. The molecule has 5 nitrogen and oxygen atoms in total. The van der Waals surface area contributed by atoms with E-state index < -0.39 is 10.0 Å². The molecule has 0 unspecified atom stereocenters. The molecule has 0 aromatic rings. The highest BCUT2D eigenvalue weighted by Gasteiger charge is 2.29. The zero-order chi connectivity index (χ0) is 15.3. The summed E-state index contributed by atoms with van der Waals surface area (Å²) in [5.41, 5.74) is 0. The largest absolute Gasteiger partial charge is 0.353 e. The smallest absolute Gasteiger partial charge is 0.223 e. The van der Waals surface area contributed by atoms with Gasteiger partial charge in [-0.05, 0) is 25.7 Å². The summed E-state index contributed by atoms with van der Waals surface area (Å²) in [5.74, 6) is 0.113. The van der Waals surface area contributed by atoms with Crippen LogP contribution in [0.3, 0.4) is 0 Å². The fourth-order valence-electron chi connectivity index (χ4n) is 3.37. The highest BCUT2D eigenvalue weighted by atomic mass is 32.2. The van der Waals surface area contributed by atoms with E-state index in [-0.39, 0.29) is 11.8 Å². The van der Waals surface area contributed by atoms with Gasteiger partial charge < -0.3 is 5.32 Å². The maximum atomic E-state index is 12.3. The molecule has 1 saturated carbocycles. The minimum Gasteiger partial charge on any atom is -0.353 e. The van der Waals surface area contributed by atoms with Crippen LogP contribution in [0.4, 0.5) is 0 Å². The Balaban J connectivity index is 1.78. The lowest BCUT2D eigenvalue weighted by atomic mass is 9.94. The predicted molar refractivity (Wildman–Crippen MR) is 83.4 cm³/mol. The zero-order valence-electron chi connectivity index (χ0n) is 13.0. The molecule has 122 valence electrons. The lowest BCUT2D eigenvalue weighted by Gasteiger charge is -2.31. The fourth-order valence-corrected chi connectivity index (χ4v) is 4.24. The quantitative estimate of drug-likeness (QED) is 0.864. The number of rotatable bonds is 3. The molecule has 1 aliphatic carbocycles. The number of piperidine rings is 1. The Kier molecular flexibility index (Phi) is 6.05. The van der Waals surface area contributed by atoms with E-state index in [9.17, 15) is 13.2 Å². The molecule has 21 heavy (non-hydrogen) atoms. The Morgan fingerprint density at radius 1 is 0.952 bits per heavy atom. The first-order valence-electron chi connectivity index (χ1n) is 8.22. The van der Waals surface area contributed by atoms with Crippen molar-refractivity contribution in [3.63, 3.8) is 0 Å². The molecular weight excluding hydrogens is 288 g/mol. The second-order valence-corrected chi connectivity index (χ2v) is 8.47. The van der Waals surface area contributed by atoms with Gasteiger partial charge in [-0.1, -0.05) is 32.1 Å². The van der Waals surface area contributed by atoms with Crippen molar-refractivity contribution >= 4 is 15.9 Å². The first-order chi connectivity index (χ1) is 9.97. The first-order valence-corrected chi connectivity index (χ1v) is 10.1. The molecule has 1 amide bonds. The van der Waals surface area contributed by atoms with Gasteiger partial charge in [0.15, 0.2) is 0 Å². The van der Waals surface area contributed by atoms with Crippen LogP contribution in [0.25, 0.3) is 0 Å². The van der Waals surface area contributed by atoms with Crippen LogP contribution < -0.4 is 5.32 Å². The van der Waals surface area contributed by atoms with E-state index in [1.54, 1.807) is 0 Å². The SMILES string of the molecule is CS(=O)(=O)N1CCC(C(=O)NC2CCCCCCC2)CC1. The van der Waals surface area contributed by atoms with E-state index in [0.29, 0.717) is 32.0 Å². The van der Waals surface area contributed by atoms with Crippen LogP contribution in [-0.4, -0.2) is 44.0 Å². The zero-order valence-corrected chi connectivity index (χ0v) is 13.8. The van der Waals surface area contributed by atoms with E-state index in [4.69, 9.17) is 0 Å². The Bertz CT molecular complexity index is 434. The van der Waals surface area contributed by atoms with Gasteiger partial charge in [-0.2, -0.15) is 0 Å². The third-order valence-electron chi connectivity index (χ3n) is 4.75. The number of sulfonamides is 1. The summed E-state index contributed by atoms with van der Waals surface area (Å²) in [5, 5.41) is 3.20. The van der Waals surface area contributed by atoms with Crippen LogP contribution in [0.2, 0.25) is 0 Å². The van der Waals surface area contributed by atoms with Gasteiger partial charge in [-0.3, -0.25) is 4.79 Å². The summed E-state index contributed by atoms with van der Waals surface area (Å²) in [6.07, 6.45) is 11.0. The van der Waals surface area contributed by atoms with Crippen LogP contribution in [-0.2, 0) is 14.8 Å². The van der Waals surface area contributed by atoms with Crippen LogP contribution in [0.5, 0.6) is 0 Å². The van der Waals surface area contributed by atoms with Gasteiger partial charge in [0, 0.05) is 25.0 Å². The topological polar surface area (TPSA) is 66.5 Å². The molecule has 0 aromatic heterocycles. The minimum atomic E-state index is -3.11. The maximum Gasteiger partial charge on any atom is 0.223 e. The van der Waals surface area contributed by atoms with Crippen molar-refractivity contribution < 1.29 is 13.2 Å². The molecule has 0 radical (unpaired) electrons. The highest BCUT2D eigenvalue weighted by molar-refractivity contribution is 7.88. The molecule has 2 rings (SSSR count). The summed E-state index contributed by atoms with van der Waals surface area (Å²) in [6.45, 7) is 0.948. The van der Waals surface area contributed by atoms with Crippen molar-refractivity contribution in [3.05, 3.63) is 0 Å². The van der Waals surface area contributed by atoms with Gasteiger partial charge in [-0.15, -0.1) is 0 Å². The molecule has 0 spiro atoms. The second-order valence-electron chi connectivity index (χ2n) is 6.49. The number of hydrogen-bond acceptors (Lipinski definition) is 3. The second kappa shape index (κ2) is 7.58. The molecule has 2 fully saturated rings. The van der Waals surface area contributed by atoms with Crippen molar-refractivity contribution in [3.8, 4) is 0 Å². The third-order valence-corrected chi connectivity index (χ3v) is 6.05. The lowest BCUT2D eigenvalue weighted by Crippen LogP contribution is -2.45. The summed E-state index contributed by atoms with van der Waals surface area (Å²) < 4.78 is 24.4. The molecule has 1 saturated heterocycles. The fraction of sp³-hybridized carbons (Fsp3) is 0.933. The molecular formula is C15H28N2O3S. The normalized spacial score (nSPS) is 24.2. The van der Waals surface area contributed by atoms with Crippen molar-refractivity contribution in [2.45, 2.75) is 63.8 Å². The number of nitrogens with zero attached hydrogens (tertiary/aromatic N) is 1. The van der Waals surface area contributed by atoms with Crippen LogP contribution >= 0.6 is 0 Å². The van der Waals surface area contributed by atoms with Crippen LogP contribution in [0.15, 0.2) is 0 Å². The molecule has 2 aliphatic rings. The molecule has 1 heterocycles. The van der Waals surface area contributed by atoms with E-state index in [0.717, 1.165) is 12.8 Å². The van der Waals surface area contributed by atoms with Crippen LogP contribution in [0, 0.1) is 5.92 Å². The van der Waals surface area contributed by atoms with E-state index in [1.165, 1.54) is 42.7 Å². The van der Waals surface area contributed by atoms with Crippen LogP contribution in [0.1, 0.15) is 57.8 Å². The standard InChI is InChI=1S/C15H28N2O3S/c1-21(19,20)17-11-9-13(10-12-17)15(18)16-14-7-5-3-2-4-6-8-14/h13-14H,2-12H2,1H3,(H,16,18). The molecule has 1 N–H and O–H groups in total. The minimum absolute atomic E-state index is 0.0200. The average Bonchev–Trinajstić information content (AvgIpc) is 2.41. The molecule has 0 bridgehead atoms. The van der Waals surface area contributed by atoms with Gasteiger partial charge in [0.25, 0.3) is 0 Å². The predicted octanol–water partition coefficient (Wildman–Crippen LogP) is 1.89. The van der Waals surface area contributed by atoms with Gasteiger partial charge in [0.1, 0.15) is 0 Å². The number of amides is 1.